The number of thioether (sulfide) groups is 1. The summed E-state index contributed by atoms with van der Waals surface area (Å²) in [5.41, 5.74) is 6.65. The van der Waals surface area contributed by atoms with Crippen LogP contribution >= 0.6 is 23.4 Å². The topological polar surface area (TPSA) is 82.5 Å². The molecule has 20 heavy (non-hydrogen) atoms. The fourth-order valence-electron chi connectivity index (χ4n) is 1.74. The van der Waals surface area contributed by atoms with Crippen molar-refractivity contribution in [3.63, 3.8) is 0 Å². The Hall–Kier alpha value is -1.86. The fraction of sp³-hybridized carbons (Fsp3) is 0.167. The Morgan fingerprint density at radius 3 is 2.90 bits per heavy atom. The van der Waals surface area contributed by atoms with Gasteiger partial charge in [-0.1, -0.05) is 23.4 Å². The molecule has 102 valence electrons. The van der Waals surface area contributed by atoms with Crippen molar-refractivity contribution >= 4 is 40.2 Å². The van der Waals surface area contributed by atoms with Crippen LogP contribution in [0.4, 0.5) is 5.82 Å². The van der Waals surface area contributed by atoms with Gasteiger partial charge in [0.1, 0.15) is 11.6 Å². The van der Waals surface area contributed by atoms with E-state index in [4.69, 9.17) is 17.3 Å². The number of halogens is 1. The summed E-state index contributed by atoms with van der Waals surface area (Å²) >= 11 is 7.33. The van der Waals surface area contributed by atoms with E-state index in [9.17, 15) is 0 Å². The van der Waals surface area contributed by atoms with E-state index >= 15 is 0 Å². The van der Waals surface area contributed by atoms with Gasteiger partial charge >= 0.3 is 0 Å². The Bertz CT molecular complexity index is 754. The molecule has 3 aromatic heterocycles. The molecule has 3 rings (SSSR count). The number of nitrogens with two attached hydrogens (primary N) is 1. The van der Waals surface area contributed by atoms with Crippen molar-refractivity contribution in [3.8, 4) is 0 Å². The van der Waals surface area contributed by atoms with Gasteiger partial charge in [-0.25, -0.2) is 15.0 Å². The minimum absolute atomic E-state index is 0.447. The van der Waals surface area contributed by atoms with Gasteiger partial charge in [0, 0.05) is 13.2 Å². The van der Waals surface area contributed by atoms with Crippen molar-refractivity contribution in [1.29, 1.82) is 0 Å². The number of anilines is 1. The molecule has 0 saturated heterocycles. The summed E-state index contributed by atoms with van der Waals surface area (Å²) in [5, 5.41) is 6.37. The second-order valence-corrected chi connectivity index (χ2v) is 5.57. The third-order valence-corrected chi connectivity index (χ3v) is 3.88. The normalized spacial score (nSPS) is 11.1. The minimum atomic E-state index is 0.447. The first-order chi connectivity index (χ1) is 9.63. The zero-order chi connectivity index (χ0) is 14.1. The summed E-state index contributed by atoms with van der Waals surface area (Å²) in [4.78, 5) is 13.0. The molecule has 2 N–H and O–H groups in total. The van der Waals surface area contributed by atoms with Gasteiger partial charge in [0.25, 0.3) is 0 Å². The van der Waals surface area contributed by atoms with Crippen LogP contribution in [0.3, 0.4) is 0 Å². The summed E-state index contributed by atoms with van der Waals surface area (Å²) in [5.74, 6) is 1.68. The zero-order valence-electron chi connectivity index (χ0n) is 10.6. The van der Waals surface area contributed by atoms with Gasteiger partial charge in [0.05, 0.1) is 27.4 Å². The summed E-state index contributed by atoms with van der Waals surface area (Å²) in [7, 11) is 1.83. The maximum absolute atomic E-state index is 5.91. The van der Waals surface area contributed by atoms with Crippen molar-refractivity contribution in [2.24, 2.45) is 7.05 Å². The molecular formula is C12H11ClN6S. The second kappa shape index (κ2) is 5.26. The van der Waals surface area contributed by atoms with Crippen molar-refractivity contribution in [1.82, 2.24) is 24.7 Å². The quantitative estimate of drug-likeness (QED) is 0.748. The molecule has 0 amide bonds. The number of pyridine rings is 1. The zero-order valence-corrected chi connectivity index (χ0v) is 12.2. The third kappa shape index (κ3) is 2.54. The van der Waals surface area contributed by atoms with E-state index < -0.39 is 0 Å². The summed E-state index contributed by atoms with van der Waals surface area (Å²) in [6.07, 6.45) is 3.28. The Morgan fingerprint density at radius 2 is 2.15 bits per heavy atom. The van der Waals surface area contributed by atoms with Gasteiger partial charge in [-0.3, -0.25) is 4.68 Å². The summed E-state index contributed by atoms with van der Waals surface area (Å²) < 4.78 is 1.68. The average molecular weight is 307 g/mol. The van der Waals surface area contributed by atoms with E-state index in [1.165, 1.54) is 11.8 Å². The van der Waals surface area contributed by atoms with Crippen LogP contribution in [0, 0.1) is 0 Å². The Balaban J connectivity index is 1.83. The van der Waals surface area contributed by atoms with Crippen LogP contribution in [0.2, 0.25) is 5.02 Å². The Morgan fingerprint density at radius 1 is 1.30 bits per heavy atom. The van der Waals surface area contributed by atoms with Crippen LogP contribution in [0.1, 0.15) is 5.82 Å². The SMILES string of the molecule is Cn1ncc2c(N)nc(CSc3ccc(Cl)cn3)nc21. The number of fused-ring (bicyclic) bond motifs is 1. The van der Waals surface area contributed by atoms with E-state index in [1.807, 2.05) is 13.1 Å². The standard InChI is InChI=1S/C12H11ClN6S/c1-19-12-8(5-16-19)11(14)17-9(18-12)6-20-10-3-2-7(13)4-15-10/h2-5H,6H2,1H3,(H2,14,17,18). The molecule has 8 heteroatoms. The van der Waals surface area contributed by atoms with Gasteiger partial charge in [0.2, 0.25) is 0 Å². The first-order valence-corrected chi connectivity index (χ1v) is 7.18. The molecule has 0 aliphatic heterocycles. The Kier molecular flexibility index (Phi) is 3.45. The molecule has 6 nitrogen and oxygen atoms in total. The lowest BCUT2D eigenvalue weighted by molar-refractivity contribution is 0.782. The molecule has 0 aromatic carbocycles. The van der Waals surface area contributed by atoms with Gasteiger partial charge in [-0.05, 0) is 12.1 Å². The van der Waals surface area contributed by atoms with E-state index in [0.29, 0.717) is 22.4 Å². The lowest BCUT2D eigenvalue weighted by Crippen LogP contribution is -2.01. The number of hydrogen-bond acceptors (Lipinski definition) is 6. The molecule has 0 saturated carbocycles. The molecule has 0 fully saturated rings. The smallest absolute Gasteiger partial charge is 0.163 e. The molecule has 0 spiro atoms. The molecule has 0 unspecified atom stereocenters. The number of hydrogen-bond donors (Lipinski definition) is 1. The molecule has 0 aliphatic rings. The second-order valence-electron chi connectivity index (χ2n) is 4.13. The lowest BCUT2D eigenvalue weighted by atomic mass is 10.4. The maximum atomic E-state index is 5.91. The number of nitrogen functional groups attached to an aromatic ring is 1. The van der Waals surface area contributed by atoms with Gasteiger partial charge in [0.15, 0.2) is 5.65 Å². The summed E-state index contributed by atoms with van der Waals surface area (Å²) in [6, 6.07) is 3.66. The average Bonchev–Trinajstić information content (AvgIpc) is 2.81. The number of rotatable bonds is 3. The van der Waals surface area contributed by atoms with Crippen LogP contribution < -0.4 is 5.73 Å². The van der Waals surface area contributed by atoms with Crippen LogP contribution in [0.15, 0.2) is 29.6 Å². The fourth-order valence-corrected chi connectivity index (χ4v) is 2.55. The summed E-state index contributed by atoms with van der Waals surface area (Å²) in [6.45, 7) is 0. The molecule has 0 atom stereocenters. The van der Waals surface area contributed by atoms with Crippen LogP contribution in [-0.2, 0) is 12.8 Å². The van der Waals surface area contributed by atoms with Crippen molar-refractivity contribution in [2.75, 3.05) is 5.73 Å². The van der Waals surface area contributed by atoms with Gasteiger partial charge in [-0.2, -0.15) is 5.10 Å². The molecule has 3 heterocycles. The van der Waals surface area contributed by atoms with E-state index in [-0.39, 0.29) is 0 Å². The number of nitrogens with zero attached hydrogens (tertiary/aromatic N) is 5. The van der Waals surface area contributed by atoms with Crippen molar-refractivity contribution in [3.05, 3.63) is 35.4 Å². The maximum Gasteiger partial charge on any atom is 0.163 e. The highest BCUT2D eigenvalue weighted by Gasteiger charge is 2.09. The van der Waals surface area contributed by atoms with E-state index in [2.05, 4.69) is 20.1 Å². The number of aromatic nitrogens is 5. The van der Waals surface area contributed by atoms with E-state index in [0.717, 1.165) is 16.1 Å². The largest absolute Gasteiger partial charge is 0.383 e. The molecule has 0 bridgehead atoms. The minimum Gasteiger partial charge on any atom is -0.383 e. The van der Waals surface area contributed by atoms with Gasteiger partial charge in [-0.15, -0.1) is 0 Å². The molecule has 0 aliphatic carbocycles. The monoisotopic (exact) mass is 306 g/mol. The highest BCUT2D eigenvalue weighted by Crippen LogP contribution is 2.23. The molecular weight excluding hydrogens is 296 g/mol. The molecule has 0 radical (unpaired) electrons. The highest BCUT2D eigenvalue weighted by atomic mass is 35.5. The first kappa shape index (κ1) is 13.1. The van der Waals surface area contributed by atoms with Crippen molar-refractivity contribution in [2.45, 2.75) is 10.8 Å². The number of aryl methyl sites for hydroxylation is 1. The predicted octanol–water partition coefficient (Wildman–Crippen LogP) is 2.29. The first-order valence-electron chi connectivity index (χ1n) is 5.82. The van der Waals surface area contributed by atoms with Crippen LogP contribution in [0.25, 0.3) is 11.0 Å². The highest BCUT2D eigenvalue weighted by molar-refractivity contribution is 7.98. The van der Waals surface area contributed by atoms with Gasteiger partial charge < -0.3 is 5.73 Å². The third-order valence-electron chi connectivity index (χ3n) is 2.72. The predicted molar refractivity (Wildman–Crippen MR) is 79.5 cm³/mol. The lowest BCUT2D eigenvalue weighted by Gasteiger charge is -2.03. The van der Waals surface area contributed by atoms with E-state index in [1.54, 1.807) is 23.1 Å². The van der Waals surface area contributed by atoms with Crippen LogP contribution in [-0.4, -0.2) is 24.7 Å². The van der Waals surface area contributed by atoms with Crippen LogP contribution in [0.5, 0.6) is 0 Å². The molecule has 3 aromatic rings. The Labute approximate surface area is 124 Å². The van der Waals surface area contributed by atoms with Crippen molar-refractivity contribution < 1.29 is 0 Å².